The van der Waals surface area contributed by atoms with Crippen LogP contribution in [0, 0.1) is 0 Å². The predicted molar refractivity (Wildman–Crippen MR) is 104 cm³/mol. The molecule has 1 aromatic carbocycles. The molecule has 2 saturated heterocycles. The summed E-state index contributed by atoms with van der Waals surface area (Å²) >= 11 is 12.2. The minimum absolute atomic E-state index is 0. The number of hydrogen-bond acceptors (Lipinski definition) is 3. The molecule has 1 N–H and O–H groups in total. The molecule has 0 unspecified atom stereocenters. The van der Waals surface area contributed by atoms with Crippen LogP contribution in [0.1, 0.15) is 31.7 Å². The molecule has 0 radical (unpaired) electrons. The van der Waals surface area contributed by atoms with Gasteiger partial charge >= 0.3 is 5.69 Å². The first-order valence-corrected chi connectivity index (χ1v) is 9.30. The van der Waals surface area contributed by atoms with E-state index in [1.54, 1.807) is 12.1 Å². The Morgan fingerprint density at radius 3 is 2.32 bits per heavy atom. The monoisotopic (exact) mass is 405 g/mol. The van der Waals surface area contributed by atoms with Crippen LogP contribution in [0.2, 0.25) is 10.0 Å². The molecule has 0 saturated carbocycles. The molecule has 1 aromatic heterocycles. The number of benzene rings is 1. The van der Waals surface area contributed by atoms with Crippen LogP contribution in [0.15, 0.2) is 16.9 Å². The smallest absolute Gasteiger partial charge is 0.326 e. The largest absolute Gasteiger partial charge is 0.381 e. The maximum atomic E-state index is 12.4. The number of ether oxygens (including phenoxy) is 1. The highest BCUT2D eigenvalue weighted by Gasteiger charge is 2.28. The van der Waals surface area contributed by atoms with Crippen molar-refractivity contribution in [2.45, 2.75) is 37.8 Å². The van der Waals surface area contributed by atoms with Crippen LogP contribution in [0.4, 0.5) is 0 Å². The quantitative estimate of drug-likeness (QED) is 0.823. The van der Waals surface area contributed by atoms with Crippen molar-refractivity contribution in [3.8, 4) is 0 Å². The number of piperidine rings is 1. The first-order chi connectivity index (χ1) is 11.6. The zero-order valence-electron chi connectivity index (χ0n) is 13.8. The molecule has 2 aliphatic heterocycles. The number of nitrogens with zero attached hydrogens (tertiary/aromatic N) is 2. The molecule has 0 aliphatic carbocycles. The zero-order chi connectivity index (χ0) is 16.7. The molecule has 2 aliphatic rings. The van der Waals surface area contributed by atoms with Gasteiger partial charge in [-0.25, -0.2) is 4.79 Å². The number of aromatic nitrogens is 2. The minimum atomic E-state index is -0.0761. The summed E-state index contributed by atoms with van der Waals surface area (Å²) in [5.74, 6) is 0. The van der Waals surface area contributed by atoms with E-state index < -0.39 is 0 Å². The number of nitrogens with one attached hydrogen (secondary N) is 1. The van der Waals surface area contributed by atoms with Gasteiger partial charge in [0.15, 0.2) is 0 Å². The lowest BCUT2D eigenvalue weighted by molar-refractivity contribution is 0.0220. The van der Waals surface area contributed by atoms with Crippen LogP contribution in [-0.2, 0) is 4.74 Å². The summed E-state index contributed by atoms with van der Waals surface area (Å²) in [6.07, 6.45) is 4.19. The van der Waals surface area contributed by atoms with Crippen molar-refractivity contribution in [3.05, 3.63) is 32.7 Å². The van der Waals surface area contributed by atoms with Gasteiger partial charge in [-0.2, -0.15) is 0 Å². The summed E-state index contributed by atoms with van der Waals surface area (Å²) in [5, 5.41) is 0.948. The third-order valence-electron chi connectivity index (χ3n) is 5.33. The van der Waals surface area contributed by atoms with Crippen LogP contribution in [0.25, 0.3) is 11.0 Å². The molecular weight excluding hydrogens is 385 g/mol. The predicted octanol–water partition coefficient (Wildman–Crippen LogP) is 3.87. The van der Waals surface area contributed by atoms with E-state index in [1.807, 2.05) is 4.57 Å². The Bertz CT molecular complexity index is 790. The lowest BCUT2D eigenvalue weighted by atomic mass is 9.99. The third kappa shape index (κ3) is 3.71. The maximum absolute atomic E-state index is 12.4. The number of aromatic amines is 1. The van der Waals surface area contributed by atoms with Crippen LogP contribution < -0.4 is 5.69 Å². The van der Waals surface area contributed by atoms with E-state index >= 15 is 0 Å². The molecule has 138 valence electrons. The number of imidazole rings is 1. The molecule has 0 amide bonds. The lowest BCUT2D eigenvalue weighted by Crippen LogP contribution is -2.45. The number of H-pyrrole nitrogens is 1. The number of likely N-dealkylation sites (tertiary alicyclic amines) is 1. The standard InChI is InChI=1S/C17H21Cl2N3O2.ClH/c18-13-9-15-16(10-14(13)19)22(17(23)20-15)12-1-5-21(6-2-12)11-3-7-24-8-4-11;/h9-12H,1-8H2,(H,20,23);1H. The van der Waals surface area contributed by atoms with Gasteiger partial charge in [0.05, 0.1) is 21.1 Å². The minimum Gasteiger partial charge on any atom is -0.381 e. The Morgan fingerprint density at radius 2 is 1.64 bits per heavy atom. The van der Waals surface area contributed by atoms with Crippen LogP contribution >= 0.6 is 35.6 Å². The van der Waals surface area contributed by atoms with Crippen molar-refractivity contribution < 1.29 is 4.74 Å². The Kier molecular flexibility index (Phi) is 6.01. The first kappa shape index (κ1) is 19.1. The molecule has 4 rings (SSSR count). The molecule has 5 nitrogen and oxygen atoms in total. The van der Waals surface area contributed by atoms with E-state index in [1.165, 1.54) is 0 Å². The molecule has 3 heterocycles. The van der Waals surface area contributed by atoms with Crippen LogP contribution in [0.3, 0.4) is 0 Å². The summed E-state index contributed by atoms with van der Waals surface area (Å²) in [4.78, 5) is 17.9. The molecule has 8 heteroatoms. The van der Waals surface area contributed by atoms with Gasteiger partial charge in [-0.3, -0.25) is 4.57 Å². The van der Waals surface area contributed by atoms with Crippen molar-refractivity contribution in [2.24, 2.45) is 0 Å². The third-order valence-corrected chi connectivity index (χ3v) is 6.05. The van der Waals surface area contributed by atoms with Gasteiger partial charge in [0.2, 0.25) is 0 Å². The van der Waals surface area contributed by atoms with Crippen molar-refractivity contribution in [2.75, 3.05) is 26.3 Å². The SMILES string of the molecule is Cl.O=c1[nH]c2cc(Cl)c(Cl)cc2n1C1CCN(C2CCOCC2)CC1. The summed E-state index contributed by atoms with van der Waals surface area (Å²) in [5.41, 5.74) is 1.52. The van der Waals surface area contributed by atoms with Gasteiger partial charge in [0.25, 0.3) is 0 Å². The number of fused-ring (bicyclic) bond motifs is 1. The van der Waals surface area contributed by atoms with Gasteiger partial charge in [-0.05, 0) is 37.8 Å². The number of rotatable bonds is 2. The second-order valence-corrected chi connectivity index (χ2v) is 7.51. The fourth-order valence-electron chi connectivity index (χ4n) is 4.04. The Morgan fingerprint density at radius 1 is 1.00 bits per heavy atom. The van der Waals surface area contributed by atoms with Gasteiger partial charge in [0.1, 0.15) is 0 Å². The second kappa shape index (κ2) is 7.89. The molecule has 2 aromatic rings. The molecule has 0 spiro atoms. The van der Waals surface area contributed by atoms with E-state index in [9.17, 15) is 4.79 Å². The Hall–Kier alpha value is -0.720. The average molecular weight is 407 g/mol. The van der Waals surface area contributed by atoms with Crippen molar-refractivity contribution in [1.82, 2.24) is 14.5 Å². The first-order valence-electron chi connectivity index (χ1n) is 8.54. The number of halogens is 3. The summed E-state index contributed by atoms with van der Waals surface area (Å²) in [6, 6.07) is 4.36. The van der Waals surface area contributed by atoms with Crippen molar-refractivity contribution >= 4 is 46.6 Å². The highest BCUT2D eigenvalue weighted by Crippen LogP contribution is 2.31. The highest BCUT2D eigenvalue weighted by atomic mass is 35.5. The van der Waals surface area contributed by atoms with E-state index in [2.05, 4.69) is 9.88 Å². The van der Waals surface area contributed by atoms with E-state index in [-0.39, 0.29) is 24.1 Å². The Labute approximate surface area is 162 Å². The van der Waals surface area contributed by atoms with Gasteiger partial charge in [-0.15, -0.1) is 12.4 Å². The zero-order valence-corrected chi connectivity index (χ0v) is 16.2. The van der Waals surface area contributed by atoms with Crippen molar-refractivity contribution in [1.29, 1.82) is 0 Å². The molecule has 25 heavy (non-hydrogen) atoms. The molecule has 0 atom stereocenters. The fourth-order valence-corrected chi connectivity index (χ4v) is 4.36. The fraction of sp³-hybridized carbons (Fsp3) is 0.588. The summed E-state index contributed by atoms with van der Waals surface area (Å²) < 4.78 is 7.32. The van der Waals surface area contributed by atoms with Crippen molar-refractivity contribution in [3.63, 3.8) is 0 Å². The van der Waals surface area contributed by atoms with Gasteiger partial charge in [-0.1, -0.05) is 23.2 Å². The van der Waals surface area contributed by atoms with Crippen LogP contribution in [-0.4, -0.2) is 46.8 Å². The van der Waals surface area contributed by atoms with Gasteiger partial charge < -0.3 is 14.6 Å². The number of hydrogen-bond donors (Lipinski definition) is 1. The van der Waals surface area contributed by atoms with Gasteiger partial charge in [0, 0.05) is 38.4 Å². The maximum Gasteiger partial charge on any atom is 0.326 e. The highest BCUT2D eigenvalue weighted by molar-refractivity contribution is 6.42. The van der Waals surface area contributed by atoms with E-state index in [4.69, 9.17) is 27.9 Å². The normalized spacial score (nSPS) is 20.7. The van der Waals surface area contributed by atoms with E-state index in [0.717, 1.165) is 63.0 Å². The molecule has 2 fully saturated rings. The average Bonchev–Trinajstić information content (AvgIpc) is 2.91. The Balaban J connectivity index is 0.00000182. The summed E-state index contributed by atoms with van der Waals surface area (Å²) in [7, 11) is 0. The molecular formula is C17H22Cl3N3O2. The van der Waals surface area contributed by atoms with E-state index in [0.29, 0.717) is 16.1 Å². The summed E-state index contributed by atoms with van der Waals surface area (Å²) in [6.45, 7) is 3.78. The lowest BCUT2D eigenvalue weighted by Gasteiger charge is -2.39. The van der Waals surface area contributed by atoms with Crippen LogP contribution in [0.5, 0.6) is 0 Å². The molecule has 0 bridgehead atoms. The topological polar surface area (TPSA) is 50.3 Å². The second-order valence-electron chi connectivity index (χ2n) is 6.69.